The van der Waals surface area contributed by atoms with E-state index in [1.807, 2.05) is 17.9 Å². The van der Waals surface area contributed by atoms with Crippen LogP contribution >= 0.6 is 0 Å². The van der Waals surface area contributed by atoms with Gasteiger partial charge in [-0.25, -0.2) is 0 Å². The molecule has 3 saturated heterocycles. The van der Waals surface area contributed by atoms with Crippen LogP contribution in [0.3, 0.4) is 0 Å². The molecule has 160 valence electrons. The van der Waals surface area contributed by atoms with Gasteiger partial charge in [-0.05, 0) is 56.7 Å². The highest BCUT2D eigenvalue weighted by molar-refractivity contribution is 5.94. The van der Waals surface area contributed by atoms with Gasteiger partial charge in [-0.1, -0.05) is 6.42 Å². The molecule has 4 rings (SSSR count). The lowest BCUT2D eigenvalue weighted by Crippen LogP contribution is -2.65. The molecule has 0 spiro atoms. The Labute approximate surface area is 170 Å². The summed E-state index contributed by atoms with van der Waals surface area (Å²) in [4.78, 5) is 38.4. The van der Waals surface area contributed by atoms with Crippen molar-refractivity contribution in [3.05, 3.63) is 33.7 Å². The first kappa shape index (κ1) is 21.5. The first-order valence-electron chi connectivity index (χ1n) is 10.3. The normalized spacial score (nSPS) is 28.7. The van der Waals surface area contributed by atoms with Crippen molar-refractivity contribution in [2.24, 2.45) is 18.9 Å². The molecule has 0 saturated carbocycles. The average molecular weight is 405 g/mol. The second kappa shape index (κ2) is 9.09. The molecule has 2 N–H and O–H groups in total. The average Bonchev–Trinajstić information content (AvgIpc) is 2.72. The van der Waals surface area contributed by atoms with E-state index in [0.29, 0.717) is 24.4 Å². The smallest absolute Gasteiger partial charge is 0.290 e. The summed E-state index contributed by atoms with van der Waals surface area (Å²) in [5.41, 5.74) is 0.892. The standard InChI is InChI=1S/C20H29N3O3.CH2O2/c1-13-6-7-16(19(25)21(13)2)20(26)22-10-14-9-15(11-22)18(12-24)23-8-4-3-5-17(14)23;2-1-3/h6-7,14-15,17-18,24H,3-5,8-12H2,1-2H3;1H,(H,2,3)/t14-,15+,17+,18+;/m1./s1. The molecule has 3 aliphatic rings. The van der Waals surface area contributed by atoms with Crippen LogP contribution < -0.4 is 5.56 Å². The zero-order valence-electron chi connectivity index (χ0n) is 17.2. The van der Waals surface area contributed by atoms with Gasteiger partial charge in [0.1, 0.15) is 5.56 Å². The maximum atomic E-state index is 13.1. The number of piperidine rings is 3. The van der Waals surface area contributed by atoms with Crippen molar-refractivity contribution < 1.29 is 19.8 Å². The van der Waals surface area contributed by atoms with Gasteiger partial charge < -0.3 is 19.7 Å². The monoisotopic (exact) mass is 405 g/mol. The van der Waals surface area contributed by atoms with Gasteiger partial charge in [0, 0.05) is 37.9 Å². The van der Waals surface area contributed by atoms with E-state index < -0.39 is 0 Å². The van der Waals surface area contributed by atoms with Gasteiger partial charge in [0.05, 0.1) is 6.61 Å². The lowest BCUT2D eigenvalue weighted by atomic mass is 9.72. The van der Waals surface area contributed by atoms with Crippen molar-refractivity contribution in [2.75, 3.05) is 26.2 Å². The van der Waals surface area contributed by atoms with E-state index in [4.69, 9.17) is 9.90 Å². The molecule has 1 aromatic heterocycles. The highest BCUT2D eigenvalue weighted by atomic mass is 16.3. The Hall–Kier alpha value is -2.19. The van der Waals surface area contributed by atoms with E-state index in [1.54, 1.807) is 13.1 Å². The number of nitrogens with zero attached hydrogens (tertiary/aromatic N) is 3. The van der Waals surface area contributed by atoms with Crippen molar-refractivity contribution in [3.63, 3.8) is 0 Å². The molecule has 3 fully saturated rings. The molecule has 8 nitrogen and oxygen atoms in total. The Morgan fingerprint density at radius 1 is 1.24 bits per heavy atom. The molecule has 1 amide bonds. The summed E-state index contributed by atoms with van der Waals surface area (Å²) in [6, 6.07) is 4.11. The summed E-state index contributed by atoms with van der Waals surface area (Å²) in [5.74, 6) is 0.600. The van der Waals surface area contributed by atoms with Crippen LogP contribution in [0.1, 0.15) is 41.7 Å². The molecule has 0 aromatic carbocycles. The molecule has 3 aliphatic heterocycles. The van der Waals surface area contributed by atoms with Crippen molar-refractivity contribution in [2.45, 2.75) is 44.7 Å². The highest BCUT2D eigenvalue weighted by Gasteiger charge is 2.47. The molecule has 4 heterocycles. The number of fused-ring (bicyclic) bond motifs is 4. The second-order valence-electron chi connectivity index (χ2n) is 8.37. The number of aryl methyl sites for hydroxylation is 1. The Bertz CT molecular complexity index is 794. The van der Waals surface area contributed by atoms with E-state index in [-0.39, 0.29) is 36.2 Å². The van der Waals surface area contributed by atoms with Crippen LogP contribution in [0.5, 0.6) is 0 Å². The number of aliphatic hydroxyl groups is 1. The molecule has 2 bridgehead atoms. The lowest BCUT2D eigenvalue weighted by molar-refractivity contribution is -0.122. The molecule has 0 aliphatic carbocycles. The van der Waals surface area contributed by atoms with Gasteiger partial charge in [-0.3, -0.25) is 19.3 Å². The Morgan fingerprint density at radius 2 is 1.93 bits per heavy atom. The van der Waals surface area contributed by atoms with Crippen LogP contribution in [-0.2, 0) is 11.8 Å². The third-order valence-corrected chi connectivity index (χ3v) is 6.88. The number of carboxylic acid groups (broad SMARTS) is 1. The topological polar surface area (TPSA) is 103 Å². The zero-order valence-corrected chi connectivity index (χ0v) is 17.2. The fourth-order valence-electron chi connectivity index (χ4n) is 5.39. The maximum absolute atomic E-state index is 13.1. The van der Waals surface area contributed by atoms with Crippen molar-refractivity contribution in [3.8, 4) is 0 Å². The van der Waals surface area contributed by atoms with E-state index in [0.717, 1.165) is 31.6 Å². The zero-order chi connectivity index (χ0) is 21.1. The van der Waals surface area contributed by atoms with Gasteiger partial charge in [-0.2, -0.15) is 0 Å². The number of likely N-dealkylation sites (tertiary alicyclic amines) is 1. The fourth-order valence-corrected chi connectivity index (χ4v) is 5.39. The van der Waals surface area contributed by atoms with Crippen LogP contribution in [0.25, 0.3) is 0 Å². The second-order valence-corrected chi connectivity index (χ2v) is 8.37. The molecule has 0 unspecified atom stereocenters. The third-order valence-electron chi connectivity index (χ3n) is 6.88. The predicted molar refractivity (Wildman–Crippen MR) is 108 cm³/mol. The predicted octanol–water partition coefficient (Wildman–Crippen LogP) is 0.702. The first-order valence-corrected chi connectivity index (χ1v) is 10.3. The van der Waals surface area contributed by atoms with E-state index >= 15 is 0 Å². The SMILES string of the molecule is Cc1ccc(C(=O)N2C[C@H]3C[C@@H](C2)[C@H](CO)N2CCCC[C@@H]32)c(=O)n1C.O=CO. The number of carbonyl (C=O) groups excluding carboxylic acids is 1. The summed E-state index contributed by atoms with van der Waals surface area (Å²) in [5, 5.41) is 16.9. The molecular formula is C21H31N3O5. The minimum absolute atomic E-state index is 0.146. The quantitative estimate of drug-likeness (QED) is 0.702. The minimum atomic E-state index is -0.250. The molecule has 8 heteroatoms. The lowest BCUT2D eigenvalue weighted by Gasteiger charge is -2.56. The summed E-state index contributed by atoms with van der Waals surface area (Å²) in [6.07, 6.45) is 4.67. The number of amides is 1. The van der Waals surface area contributed by atoms with Crippen LogP contribution in [0, 0.1) is 18.8 Å². The van der Waals surface area contributed by atoms with Gasteiger partial charge >= 0.3 is 0 Å². The number of aromatic nitrogens is 1. The molecule has 1 aromatic rings. The Morgan fingerprint density at radius 3 is 2.62 bits per heavy atom. The minimum Gasteiger partial charge on any atom is -0.483 e. The number of aliphatic hydroxyl groups excluding tert-OH is 1. The van der Waals surface area contributed by atoms with Crippen LogP contribution in [0.2, 0.25) is 0 Å². The number of hydrogen-bond acceptors (Lipinski definition) is 5. The summed E-state index contributed by atoms with van der Waals surface area (Å²) < 4.78 is 1.54. The van der Waals surface area contributed by atoms with Crippen molar-refractivity contribution in [1.82, 2.24) is 14.4 Å². The van der Waals surface area contributed by atoms with Crippen LogP contribution in [0.4, 0.5) is 0 Å². The van der Waals surface area contributed by atoms with Crippen LogP contribution in [0.15, 0.2) is 16.9 Å². The van der Waals surface area contributed by atoms with Crippen LogP contribution in [-0.4, -0.2) is 75.3 Å². The molecule has 4 atom stereocenters. The van der Waals surface area contributed by atoms with E-state index in [9.17, 15) is 14.7 Å². The summed E-state index contributed by atoms with van der Waals surface area (Å²) in [7, 11) is 1.71. The molecule has 29 heavy (non-hydrogen) atoms. The first-order chi connectivity index (χ1) is 13.9. The number of hydrogen-bond donors (Lipinski definition) is 2. The Kier molecular flexibility index (Phi) is 6.74. The summed E-state index contributed by atoms with van der Waals surface area (Å²) in [6.45, 7) is 4.20. The van der Waals surface area contributed by atoms with Crippen molar-refractivity contribution >= 4 is 12.4 Å². The number of carbonyl (C=O) groups is 2. The maximum Gasteiger partial charge on any atom is 0.290 e. The van der Waals surface area contributed by atoms with Gasteiger partial charge in [0.25, 0.3) is 17.9 Å². The summed E-state index contributed by atoms with van der Waals surface area (Å²) >= 11 is 0. The number of rotatable bonds is 2. The largest absolute Gasteiger partial charge is 0.483 e. The van der Waals surface area contributed by atoms with Gasteiger partial charge in [-0.15, -0.1) is 0 Å². The fraction of sp³-hybridized carbons (Fsp3) is 0.667. The molecule has 0 radical (unpaired) electrons. The number of pyridine rings is 1. The van der Waals surface area contributed by atoms with Gasteiger partial charge in [0.15, 0.2) is 0 Å². The third kappa shape index (κ3) is 4.09. The van der Waals surface area contributed by atoms with Crippen molar-refractivity contribution in [1.29, 1.82) is 0 Å². The highest BCUT2D eigenvalue weighted by Crippen LogP contribution is 2.41. The molecular weight excluding hydrogens is 374 g/mol. The Balaban J connectivity index is 0.000000755. The van der Waals surface area contributed by atoms with E-state index in [2.05, 4.69) is 4.90 Å². The van der Waals surface area contributed by atoms with Gasteiger partial charge in [0.2, 0.25) is 0 Å². The van der Waals surface area contributed by atoms with E-state index in [1.165, 1.54) is 17.4 Å².